The predicted octanol–water partition coefficient (Wildman–Crippen LogP) is 3.18. The number of carbonyl (C=O) groups is 2. The lowest BCUT2D eigenvalue weighted by Gasteiger charge is -2.19. The molecule has 3 aliphatic rings. The second kappa shape index (κ2) is 4.08. The molecule has 4 atom stereocenters. The van der Waals surface area contributed by atoms with Gasteiger partial charge in [-0.1, -0.05) is 17.7 Å². The van der Waals surface area contributed by atoms with Crippen molar-refractivity contribution in [2.45, 2.75) is 26.2 Å². The standard InChI is InChI=1S/C16H16ClNO2/c1-8-11(17)3-2-4-12(8)18-15(19)13-9-5-6-10(7-9)14(13)16(18)20/h2-4,9-10,13-14H,5-7H2,1H3. The molecule has 3 fully saturated rings. The molecule has 1 aromatic rings. The molecule has 20 heavy (non-hydrogen) atoms. The van der Waals surface area contributed by atoms with Gasteiger partial charge in [0.25, 0.3) is 0 Å². The van der Waals surface area contributed by atoms with Crippen LogP contribution in [0.1, 0.15) is 24.8 Å². The highest BCUT2D eigenvalue weighted by Crippen LogP contribution is 2.56. The maximum atomic E-state index is 12.7. The third-order valence-electron chi connectivity index (χ3n) is 5.41. The van der Waals surface area contributed by atoms with Gasteiger partial charge in [0.15, 0.2) is 0 Å². The molecule has 1 heterocycles. The molecule has 4 rings (SSSR count). The van der Waals surface area contributed by atoms with Crippen LogP contribution in [0.25, 0.3) is 0 Å². The Morgan fingerprint density at radius 1 is 1.10 bits per heavy atom. The fourth-order valence-electron chi connectivity index (χ4n) is 4.48. The molecule has 1 aromatic carbocycles. The average Bonchev–Trinajstić information content (AvgIpc) is 3.09. The number of nitrogens with zero attached hydrogens (tertiary/aromatic N) is 1. The van der Waals surface area contributed by atoms with Crippen molar-refractivity contribution in [1.29, 1.82) is 0 Å². The van der Waals surface area contributed by atoms with Gasteiger partial charge < -0.3 is 0 Å². The Labute approximate surface area is 122 Å². The van der Waals surface area contributed by atoms with Gasteiger partial charge in [0.05, 0.1) is 17.5 Å². The zero-order chi connectivity index (χ0) is 14.0. The van der Waals surface area contributed by atoms with Crippen molar-refractivity contribution < 1.29 is 9.59 Å². The SMILES string of the molecule is Cc1c(Cl)cccc1N1C(=O)C2C3CCC(C3)C2C1=O. The van der Waals surface area contributed by atoms with Gasteiger partial charge in [-0.25, -0.2) is 4.90 Å². The zero-order valence-corrected chi connectivity index (χ0v) is 12.1. The van der Waals surface area contributed by atoms with Gasteiger partial charge in [-0.2, -0.15) is 0 Å². The van der Waals surface area contributed by atoms with Crippen LogP contribution < -0.4 is 4.90 Å². The maximum Gasteiger partial charge on any atom is 0.237 e. The zero-order valence-electron chi connectivity index (χ0n) is 11.3. The lowest BCUT2D eigenvalue weighted by molar-refractivity contribution is -0.123. The minimum Gasteiger partial charge on any atom is -0.274 e. The van der Waals surface area contributed by atoms with E-state index >= 15 is 0 Å². The molecule has 104 valence electrons. The van der Waals surface area contributed by atoms with E-state index in [9.17, 15) is 9.59 Å². The lowest BCUT2D eigenvalue weighted by Crippen LogP contribution is -2.33. The summed E-state index contributed by atoms with van der Waals surface area (Å²) in [6, 6.07) is 5.41. The fraction of sp³-hybridized carbons (Fsp3) is 0.500. The Hall–Kier alpha value is -1.35. The van der Waals surface area contributed by atoms with Crippen molar-refractivity contribution in [3.8, 4) is 0 Å². The highest BCUT2D eigenvalue weighted by molar-refractivity contribution is 6.32. The Kier molecular flexibility index (Phi) is 2.53. The normalized spacial score (nSPS) is 35.0. The van der Waals surface area contributed by atoms with E-state index in [2.05, 4.69) is 0 Å². The first kappa shape index (κ1) is 12.4. The van der Waals surface area contributed by atoms with Gasteiger partial charge in [0.1, 0.15) is 0 Å². The van der Waals surface area contributed by atoms with Gasteiger partial charge in [0.2, 0.25) is 11.8 Å². The molecule has 0 spiro atoms. The quantitative estimate of drug-likeness (QED) is 0.745. The third kappa shape index (κ3) is 1.42. The lowest BCUT2D eigenvalue weighted by atomic mass is 9.81. The molecule has 2 amide bonds. The van der Waals surface area contributed by atoms with E-state index in [1.54, 1.807) is 12.1 Å². The van der Waals surface area contributed by atoms with Crippen LogP contribution in [0.15, 0.2) is 18.2 Å². The van der Waals surface area contributed by atoms with Crippen LogP contribution in [-0.2, 0) is 9.59 Å². The van der Waals surface area contributed by atoms with E-state index in [4.69, 9.17) is 11.6 Å². The van der Waals surface area contributed by atoms with Crippen molar-refractivity contribution in [2.75, 3.05) is 4.90 Å². The predicted molar refractivity (Wildman–Crippen MR) is 76.5 cm³/mol. The largest absolute Gasteiger partial charge is 0.274 e. The van der Waals surface area contributed by atoms with Crippen molar-refractivity contribution in [3.05, 3.63) is 28.8 Å². The first-order chi connectivity index (χ1) is 9.59. The number of amides is 2. The average molecular weight is 290 g/mol. The smallest absolute Gasteiger partial charge is 0.237 e. The minimum absolute atomic E-state index is 0.00225. The number of benzene rings is 1. The topological polar surface area (TPSA) is 37.4 Å². The summed E-state index contributed by atoms with van der Waals surface area (Å²) in [5.41, 5.74) is 1.48. The van der Waals surface area contributed by atoms with Crippen LogP contribution in [0, 0.1) is 30.6 Å². The summed E-state index contributed by atoms with van der Waals surface area (Å²) >= 11 is 6.13. The van der Waals surface area contributed by atoms with E-state index in [0.29, 0.717) is 22.5 Å². The third-order valence-corrected chi connectivity index (χ3v) is 5.82. The summed E-state index contributed by atoms with van der Waals surface area (Å²) in [5.74, 6) is 0.700. The molecule has 1 aliphatic heterocycles. The van der Waals surface area contributed by atoms with E-state index in [1.807, 2.05) is 13.0 Å². The van der Waals surface area contributed by atoms with Gasteiger partial charge in [-0.05, 0) is 55.7 Å². The minimum atomic E-state index is -0.0698. The van der Waals surface area contributed by atoms with Crippen molar-refractivity contribution >= 4 is 29.1 Å². The highest BCUT2D eigenvalue weighted by Gasteiger charge is 2.61. The van der Waals surface area contributed by atoms with E-state index in [0.717, 1.165) is 24.8 Å². The molecule has 2 saturated carbocycles. The number of imide groups is 1. The van der Waals surface area contributed by atoms with Crippen LogP contribution in [0.3, 0.4) is 0 Å². The molecule has 0 radical (unpaired) electrons. The molecular weight excluding hydrogens is 274 g/mol. The first-order valence-corrected chi connectivity index (χ1v) is 7.60. The number of halogens is 1. The Bertz CT molecular complexity index is 599. The molecule has 4 heteroatoms. The van der Waals surface area contributed by atoms with Crippen LogP contribution in [-0.4, -0.2) is 11.8 Å². The number of fused-ring (bicyclic) bond motifs is 5. The molecule has 3 nitrogen and oxygen atoms in total. The van der Waals surface area contributed by atoms with Crippen molar-refractivity contribution in [1.82, 2.24) is 0 Å². The van der Waals surface area contributed by atoms with E-state index in [1.165, 1.54) is 4.90 Å². The van der Waals surface area contributed by atoms with Crippen LogP contribution in [0.4, 0.5) is 5.69 Å². The Morgan fingerprint density at radius 3 is 2.30 bits per heavy atom. The number of hydrogen-bond donors (Lipinski definition) is 0. The van der Waals surface area contributed by atoms with Gasteiger partial charge in [-0.15, -0.1) is 0 Å². The Balaban J connectivity index is 1.79. The van der Waals surface area contributed by atoms with Crippen molar-refractivity contribution in [2.24, 2.45) is 23.7 Å². The van der Waals surface area contributed by atoms with Gasteiger partial charge >= 0.3 is 0 Å². The summed E-state index contributed by atoms with van der Waals surface area (Å²) in [4.78, 5) is 26.8. The summed E-state index contributed by atoms with van der Waals surface area (Å²) in [6.45, 7) is 1.86. The Morgan fingerprint density at radius 2 is 1.70 bits per heavy atom. The van der Waals surface area contributed by atoms with E-state index in [-0.39, 0.29) is 23.7 Å². The van der Waals surface area contributed by atoms with Crippen LogP contribution >= 0.6 is 11.6 Å². The molecule has 1 saturated heterocycles. The number of hydrogen-bond acceptors (Lipinski definition) is 2. The molecule has 2 bridgehead atoms. The summed E-state index contributed by atoms with van der Waals surface area (Å²) in [5, 5.41) is 0.600. The fourth-order valence-corrected chi connectivity index (χ4v) is 4.65. The second-order valence-corrected chi connectivity index (χ2v) is 6.69. The summed E-state index contributed by atoms with van der Waals surface area (Å²) < 4.78 is 0. The summed E-state index contributed by atoms with van der Waals surface area (Å²) in [6.07, 6.45) is 3.27. The molecule has 2 aliphatic carbocycles. The molecule has 0 aromatic heterocycles. The molecule has 0 N–H and O–H groups in total. The second-order valence-electron chi connectivity index (χ2n) is 6.28. The number of rotatable bonds is 1. The van der Waals surface area contributed by atoms with Crippen LogP contribution in [0.5, 0.6) is 0 Å². The summed E-state index contributed by atoms with van der Waals surface area (Å²) in [7, 11) is 0. The molecule has 4 unspecified atom stereocenters. The van der Waals surface area contributed by atoms with E-state index < -0.39 is 0 Å². The number of carbonyl (C=O) groups excluding carboxylic acids is 2. The monoisotopic (exact) mass is 289 g/mol. The maximum absolute atomic E-state index is 12.7. The van der Waals surface area contributed by atoms with Crippen molar-refractivity contribution in [3.63, 3.8) is 0 Å². The highest BCUT2D eigenvalue weighted by atomic mass is 35.5. The van der Waals surface area contributed by atoms with Gasteiger partial charge in [-0.3, -0.25) is 9.59 Å². The first-order valence-electron chi connectivity index (χ1n) is 7.22. The molecular formula is C16H16ClNO2. The van der Waals surface area contributed by atoms with Gasteiger partial charge in [0, 0.05) is 5.02 Å². The number of anilines is 1. The van der Waals surface area contributed by atoms with Crippen LogP contribution in [0.2, 0.25) is 5.02 Å².